The number of hydrogen-bond donors (Lipinski definition) is 0. The van der Waals surface area contributed by atoms with Crippen molar-refractivity contribution in [2.75, 3.05) is 0 Å². The van der Waals surface area contributed by atoms with Gasteiger partial charge >= 0.3 is 0 Å². The smallest absolute Gasteiger partial charge is 0.262 e. The summed E-state index contributed by atoms with van der Waals surface area (Å²) in [4.78, 5) is 18.9. The molecule has 0 amide bonds. The van der Waals surface area contributed by atoms with E-state index < -0.39 is 0 Å². The third-order valence-corrected chi connectivity index (χ3v) is 4.75. The molecule has 0 unspecified atom stereocenters. The number of thiophene rings is 1. The molecule has 0 fully saturated rings. The van der Waals surface area contributed by atoms with Crippen LogP contribution in [0.15, 0.2) is 35.4 Å². The molecule has 3 rings (SSSR count). The summed E-state index contributed by atoms with van der Waals surface area (Å²) in [5, 5.41) is 9.82. The van der Waals surface area contributed by atoms with Gasteiger partial charge in [0, 0.05) is 4.88 Å². The van der Waals surface area contributed by atoms with Crippen LogP contribution in [0.4, 0.5) is 0 Å². The van der Waals surface area contributed by atoms with Crippen LogP contribution in [0.5, 0.6) is 0 Å². The van der Waals surface area contributed by atoms with Gasteiger partial charge in [0.2, 0.25) is 0 Å². The molecule has 0 atom stereocenters. The molecule has 104 valence electrons. The highest BCUT2D eigenvalue weighted by Crippen LogP contribution is 2.25. The van der Waals surface area contributed by atoms with E-state index in [4.69, 9.17) is 5.26 Å². The molecule has 2 heterocycles. The van der Waals surface area contributed by atoms with Crippen molar-refractivity contribution in [3.05, 3.63) is 62.5 Å². The Bertz CT molecular complexity index is 931. The number of hydrogen-bond acceptors (Lipinski definition) is 4. The first-order chi connectivity index (χ1) is 10.1. The molecule has 0 aliphatic carbocycles. The zero-order chi connectivity index (χ0) is 15.0. The summed E-state index contributed by atoms with van der Waals surface area (Å²) in [5.74, 6) is 0. The second-order valence-corrected chi connectivity index (χ2v) is 6.11. The number of aryl methyl sites for hydroxylation is 2. The predicted molar refractivity (Wildman–Crippen MR) is 83.6 cm³/mol. The van der Waals surface area contributed by atoms with E-state index in [1.807, 2.05) is 32.0 Å². The Kier molecular flexibility index (Phi) is 3.32. The van der Waals surface area contributed by atoms with Crippen molar-refractivity contribution in [1.82, 2.24) is 9.55 Å². The second kappa shape index (κ2) is 5.15. The lowest BCUT2D eigenvalue weighted by molar-refractivity contribution is 0.747. The van der Waals surface area contributed by atoms with Crippen LogP contribution >= 0.6 is 11.3 Å². The number of fused-ring (bicyclic) bond motifs is 1. The number of rotatable bonds is 2. The lowest BCUT2D eigenvalue weighted by Crippen LogP contribution is -2.21. The first-order valence-corrected chi connectivity index (χ1v) is 7.36. The number of aromatic nitrogens is 2. The van der Waals surface area contributed by atoms with Crippen LogP contribution in [0.25, 0.3) is 10.2 Å². The molecular formula is C16H13N3OS. The van der Waals surface area contributed by atoms with Gasteiger partial charge in [-0.3, -0.25) is 9.36 Å². The molecule has 0 bridgehead atoms. The summed E-state index contributed by atoms with van der Waals surface area (Å²) in [6.45, 7) is 4.31. The largest absolute Gasteiger partial charge is 0.294 e. The Morgan fingerprint density at radius 3 is 2.86 bits per heavy atom. The molecule has 0 radical (unpaired) electrons. The molecule has 0 spiro atoms. The van der Waals surface area contributed by atoms with Crippen LogP contribution in [-0.2, 0) is 6.54 Å². The van der Waals surface area contributed by atoms with Crippen LogP contribution in [0.2, 0.25) is 0 Å². The summed E-state index contributed by atoms with van der Waals surface area (Å²) in [5.41, 5.74) is 2.36. The predicted octanol–water partition coefficient (Wildman–Crippen LogP) is 2.99. The van der Waals surface area contributed by atoms with Gasteiger partial charge < -0.3 is 0 Å². The fourth-order valence-electron chi connectivity index (χ4n) is 2.33. The fraction of sp³-hybridized carbons (Fsp3) is 0.188. The highest BCUT2D eigenvalue weighted by atomic mass is 32.1. The molecule has 2 aromatic heterocycles. The van der Waals surface area contributed by atoms with Crippen LogP contribution in [0.3, 0.4) is 0 Å². The quantitative estimate of drug-likeness (QED) is 0.730. The minimum Gasteiger partial charge on any atom is -0.294 e. The Balaban J connectivity index is 2.14. The van der Waals surface area contributed by atoms with Gasteiger partial charge in [0.15, 0.2) is 0 Å². The van der Waals surface area contributed by atoms with E-state index in [-0.39, 0.29) is 5.56 Å². The SMILES string of the molecule is Cc1sc2ncn(Cc3ccccc3C#N)c(=O)c2c1C. The maximum atomic E-state index is 12.6. The standard InChI is InChI=1S/C16H13N3OS/c1-10-11(2)21-15-14(10)16(20)19(9-18-15)8-13-6-4-3-5-12(13)7-17/h3-6,9H,8H2,1-2H3. The molecule has 0 aliphatic heterocycles. The van der Waals surface area contributed by atoms with Gasteiger partial charge in [-0.1, -0.05) is 18.2 Å². The number of nitrogens with zero attached hydrogens (tertiary/aromatic N) is 3. The molecule has 3 aromatic rings. The number of nitriles is 1. The van der Waals surface area contributed by atoms with E-state index in [1.54, 1.807) is 17.0 Å². The van der Waals surface area contributed by atoms with E-state index in [0.29, 0.717) is 17.5 Å². The lowest BCUT2D eigenvalue weighted by atomic mass is 10.1. The molecule has 1 aromatic carbocycles. The second-order valence-electron chi connectivity index (χ2n) is 4.91. The van der Waals surface area contributed by atoms with Gasteiger partial charge in [-0.15, -0.1) is 11.3 Å². The maximum Gasteiger partial charge on any atom is 0.262 e. The monoisotopic (exact) mass is 295 g/mol. The van der Waals surface area contributed by atoms with Crippen molar-refractivity contribution >= 4 is 21.6 Å². The molecule has 0 aliphatic rings. The van der Waals surface area contributed by atoms with E-state index in [1.165, 1.54) is 11.3 Å². The van der Waals surface area contributed by atoms with Crippen LogP contribution < -0.4 is 5.56 Å². The van der Waals surface area contributed by atoms with Crippen molar-refractivity contribution in [3.8, 4) is 6.07 Å². The number of benzene rings is 1. The molecule has 4 nitrogen and oxygen atoms in total. The molecule has 0 saturated carbocycles. The Morgan fingerprint density at radius 2 is 2.10 bits per heavy atom. The average Bonchev–Trinajstić information content (AvgIpc) is 2.78. The molecule has 0 saturated heterocycles. The molecule has 5 heteroatoms. The van der Waals surface area contributed by atoms with Crippen molar-refractivity contribution < 1.29 is 0 Å². The molecule has 21 heavy (non-hydrogen) atoms. The van der Waals surface area contributed by atoms with Gasteiger partial charge in [-0.05, 0) is 31.0 Å². The first-order valence-electron chi connectivity index (χ1n) is 6.55. The fourth-order valence-corrected chi connectivity index (χ4v) is 3.32. The van der Waals surface area contributed by atoms with Crippen LogP contribution in [-0.4, -0.2) is 9.55 Å². The lowest BCUT2D eigenvalue weighted by Gasteiger charge is -2.07. The summed E-state index contributed by atoms with van der Waals surface area (Å²) in [6.07, 6.45) is 1.56. The van der Waals surface area contributed by atoms with E-state index in [0.717, 1.165) is 20.8 Å². The first kappa shape index (κ1) is 13.5. The Morgan fingerprint density at radius 1 is 1.33 bits per heavy atom. The third-order valence-electron chi connectivity index (χ3n) is 3.63. The van der Waals surface area contributed by atoms with E-state index in [2.05, 4.69) is 11.1 Å². The highest BCUT2D eigenvalue weighted by Gasteiger charge is 2.12. The topological polar surface area (TPSA) is 58.7 Å². The van der Waals surface area contributed by atoms with Crippen molar-refractivity contribution in [1.29, 1.82) is 5.26 Å². The zero-order valence-corrected chi connectivity index (χ0v) is 12.6. The van der Waals surface area contributed by atoms with Gasteiger partial charge in [-0.25, -0.2) is 4.98 Å². The van der Waals surface area contributed by atoms with Crippen LogP contribution in [0.1, 0.15) is 21.6 Å². The Labute approximate surface area is 125 Å². The minimum atomic E-state index is -0.0467. The summed E-state index contributed by atoms with van der Waals surface area (Å²) < 4.78 is 1.57. The summed E-state index contributed by atoms with van der Waals surface area (Å²) >= 11 is 1.54. The minimum absolute atomic E-state index is 0.0467. The zero-order valence-electron chi connectivity index (χ0n) is 11.8. The van der Waals surface area contributed by atoms with Gasteiger partial charge in [0.1, 0.15) is 4.83 Å². The van der Waals surface area contributed by atoms with Gasteiger partial charge in [0.25, 0.3) is 5.56 Å². The Hall–Kier alpha value is -2.45. The third kappa shape index (κ3) is 2.24. The van der Waals surface area contributed by atoms with E-state index in [9.17, 15) is 4.79 Å². The van der Waals surface area contributed by atoms with E-state index >= 15 is 0 Å². The van der Waals surface area contributed by atoms with Gasteiger partial charge in [-0.2, -0.15) is 5.26 Å². The van der Waals surface area contributed by atoms with Crippen molar-refractivity contribution in [2.45, 2.75) is 20.4 Å². The average molecular weight is 295 g/mol. The summed E-state index contributed by atoms with van der Waals surface area (Å²) in [7, 11) is 0. The normalized spacial score (nSPS) is 10.7. The molecule has 0 N–H and O–H groups in total. The maximum absolute atomic E-state index is 12.6. The van der Waals surface area contributed by atoms with Crippen molar-refractivity contribution in [2.24, 2.45) is 0 Å². The van der Waals surface area contributed by atoms with Gasteiger partial charge in [0.05, 0.1) is 29.9 Å². The van der Waals surface area contributed by atoms with Crippen molar-refractivity contribution in [3.63, 3.8) is 0 Å². The summed E-state index contributed by atoms with van der Waals surface area (Å²) in [6, 6.07) is 9.46. The molecular weight excluding hydrogens is 282 g/mol. The van der Waals surface area contributed by atoms with Crippen LogP contribution in [0, 0.1) is 25.2 Å². The highest BCUT2D eigenvalue weighted by molar-refractivity contribution is 7.18.